The average molecular weight is 229 g/mol. The molecule has 84 valence electrons. The zero-order chi connectivity index (χ0) is 11.0. The van der Waals surface area contributed by atoms with Gasteiger partial charge in [0.05, 0.1) is 23.0 Å². The Morgan fingerprint density at radius 1 is 1.53 bits per heavy atom. The van der Waals surface area contributed by atoms with Crippen molar-refractivity contribution in [3.05, 3.63) is 16.9 Å². The van der Waals surface area contributed by atoms with Gasteiger partial charge in [-0.25, -0.2) is 0 Å². The van der Waals surface area contributed by atoms with E-state index in [0.717, 1.165) is 25.0 Å². The van der Waals surface area contributed by atoms with Crippen molar-refractivity contribution in [2.45, 2.75) is 51.2 Å². The second-order valence-corrected chi connectivity index (χ2v) is 4.93. The zero-order valence-corrected chi connectivity index (χ0v) is 9.91. The fraction of sp³-hybridized carbons (Fsp3) is 0.727. The first kappa shape index (κ1) is 11.0. The van der Waals surface area contributed by atoms with Crippen LogP contribution in [-0.2, 0) is 0 Å². The van der Waals surface area contributed by atoms with Crippen LogP contribution in [0.15, 0.2) is 6.20 Å². The summed E-state index contributed by atoms with van der Waals surface area (Å²) in [6, 6.07) is 0.292. The molecule has 0 saturated heterocycles. The van der Waals surface area contributed by atoms with Crippen LogP contribution < -0.4 is 0 Å². The number of hydrogen-bond acceptors (Lipinski definition) is 2. The van der Waals surface area contributed by atoms with Crippen molar-refractivity contribution < 1.29 is 5.11 Å². The minimum atomic E-state index is -0.253. The molecule has 1 aliphatic carbocycles. The summed E-state index contributed by atoms with van der Waals surface area (Å²) in [5.41, 5.74) is 1.01. The van der Waals surface area contributed by atoms with Crippen LogP contribution in [0.4, 0.5) is 0 Å². The molecule has 0 radical (unpaired) electrons. The Hall–Kier alpha value is -0.540. The topological polar surface area (TPSA) is 38.0 Å². The third-order valence-corrected chi connectivity index (χ3v) is 3.40. The van der Waals surface area contributed by atoms with Crippen molar-refractivity contribution in [2.24, 2.45) is 0 Å². The second-order valence-electron chi connectivity index (χ2n) is 4.52. The first-order chi connectivity index (χ1) is 7.11. The van der Waals surface area contributed by atoms with Crippen molar-refractivity contribution in [3.8, 4) is 0 Å². The molecule has 1 N–H and O–H groups in total. The molecule has 0 aliphatic heterocycles. The van der Waals surface area contributed by atoms with E-state index in [9.17, 15) is 5.11 Å². The molecule has 0 aromatic carbocycles. The molecule has 2 atom stereocenters. The highest BCUT2D eigenvalue weighted by Crippen LogP contribution is 2.38. The normalized spacial score (nSPS) is 26.5. The Labute approximate surface area is 95.0 Å². The zero-order valence-electron chi connectivity index (χ0n) is 9.15. The van der Waals surface area contributed by atoms with Gasteiger partial charge < -0.3 is 5.11 Å². The van der Waals surface area contributed by atoms with Gasteiger partial charge in [-0.1, -0.05) is 18.0 Å². The largest absolute Gasteiger partial charge is 0.392 e. The molecule has 1 aromatic rings. The number of halogens is 1. The third-order valence-electron chi connectivity index (χ3n) is 3.11. The fourth-order valence-electron chi connectivity index (χ4n) is 2.37. The molecular weight excluding hydrogens is 212 g/mol. The smallest absolute Gasteiger partial charge is 0.0821 e. The quantitative estimate of drug-likeness (QED) is 0.845. The Balaban J connectivity index is 2.37. The lowest BCUT2D eigenvalue weighted by Gasteiger charge is -2.19. The number of hydrogen-bond donors (Lipinski definition) is 1. The number of aromatic nitrogens is 2. The first-order valence-electron chi connectivity index (χ1n) is 5.52. The van der Waals surface area contributed by atoms with Crippen LogP contribution in [0.2, 0.25) is 5.02 Å². The molecule has 1 aromatic heterocycles. The molecule has 4 heteroatoms. The van der Waals surface area contributed by atoms with Gasteiger partial charge in [-0.2, -0.15) is 5.10 Å². The lowest BCUT2D eigenvalue weighted by molar-refractivity contribution is 0.159. The monoisotopic (exact) mass is 228 g/mol. The standard InChI is InChI=1S/C11H17ClN2O/c1-7(2)14-11(9(12)6-13-14)8-4-3-5-10(8)15/h6-8,10,15H,3-5H2,1-2H3. The highest BCUT2D eigenvalue weighted by atomic mass is 35.5. The predicted octanol–water partition coefficient (Wildman–Crippen LogP) is 2.75. The molecule has 3 nitrogen and oxygen atoms in total. The number of aliphatic hydroxyl groups is 1. The van der Waals surface area contributed by atoms with Gasteiger partial charge in [0, 0.05) is 12.0 Å². The van der Waals surface area contributed by atoms with Crippen LogP contribution in [0.25, 0.3) is 0 Å². The van der Waals surface area contributed by atoms with Gasteiger partial charge in [-0.15, -0.1) is 0 Å². The molecule has 1 fully saturated rings. The SMILES string of the molecule is CC(C)n1ncc(Cl)c1C1CCCC1O. The number of aliphatic hydroxyl groups excluding tert-OH is 1. The molecule has 1 saturated carbocycles. The maximum atomic E-state index is 9.89. The minimum absolute atomic E-state index is 0.169. The highest BCUT2D eigenvalue weighted by molar-refractivity contribution is 6.31. The molecule has 0 bridgehead atoms. The van der Waals surface area contributed by atoms with E-state index in [4.69, 9.17) is 11.6 Å². The van der Waals surface area contributed by atoms with E-state index in [0.29, 0.717) is 11.1 Å². The molecular formula is C11H17ClN2O. The van der Waals surface area contributed by atoms with Crippen molar-refractivity contribution in [2.75, 3.05) is 0 Å². The van der Waals surface area contributed by atoms with Crippen LogP contribution in [0.1, 0.15) is 50.8 Å². The summed E-state index contributed by atoms with van der Waals surface area (Å²) in [5, 5.41) is 14.8. The molecule has 2 unspecified atom stereocenters. The summed E-state index contributed by atoms with van der Waals surface area (Å²) in [6.07, 6.45) is 4.40. The Morgan fingerprint density at radius 3 is 2.80 bits per heavy atom. The molecule has 0 amide bonds. The van der Waals surface area contributed by atoms with Crippen LogP contribution in [0.3, 0.4) is 0 Å². The summed E-state index contributed by atoms with van der Waals surface area (Å²) >= 11 is 6.14. The van der Waals surface area contributed by atoms with E-state index in [1.807, 2.05) is 4.68 Å². The maximum Gasteiger partial charge on any atom is 0.0821 e. The maximum absolute atomic E-state index is 9.89. The minimum Gasteiger partial charge on any atom is -0.392 e. The first-order valence-corrected chi connectivity index (χ1v) is 5.90. The summed E-state index contributed by atoms with van der Waals surface area (Å²) in [4.78, 5) is 0. The van der Waals surface area contributed by atoms with Crippen LogP contribution in [0.5, 0.6) is 0 Å². The van der Waals surface area contributed by atoms with Crippen molar-refractivity contribution in [1.29, 1.82) is 0 Å². The Morgan fingerprint density at radius 2 is 2.27 bits per heavy atom. The third kappa shape index (κ3) is 1.91. The summed E-state index contributed by atoms with van der Waals surface area (Å²) in [7, 11) is 0. The van der Waals surface area contributed by atoms with E-state index in [1.54, 1.807) is 6.20 Å². The van der Waals surface area contributed by atoms with Crippen LogP contribution >= 0.6 is 11.6 Å². The van der Waals surface area contributed by atoms with Gasteiger partial charge in [0.25, 0.3) is 0 Å². The summed E-state index contributed by atoms with van der Waals surface area (Å²) in [5.74, 6) is 0.169. The molecule has 1 aliphatic rings. The van der Waals surface area contributed by atoms with Crippen LogP contribution in [-0.4, -0.2) is 21.0 Å². The predicted molar refractivity (Wildman–Crippen MR) is 60.2 cm³/mol. The Bertz CT molecular complexity index is 348. The summed E-state index contributed by atoms with van der Waals surface area (Å²) in [6.45, 7) is 4.16. The summed E-state index contributed by atoms with van der Waals surface area (Å²) < 4.78 is 1.93. The van der Waals surface area contributed by atoms with Gasteiger partial charge in [-0.05, 0) is 26.7 Å². The molecule has 15 heavy (non-hydrogen) atoms. The average Bonchev–Trinajstić information content (AvgIpc) is 2.71. The van der Waals surface area contributed by atoms with Gasteiger partial charge in [0.15, 0.2) is 0 Å². The lowest BCUT2D eigenvalue weighted by atomic mass is 10.0. The van der Waals surface area contributed by atoms with E-state index < -0.39 is 0 Å². The van der Waals surface area contributed by atoms with Gasteiger partial charge in [0.1, 0.15) is 0 Å². The lowest BCUT2D eigenvalue weighted by Crippen LogP contribution is -2.17. The van der Waals surface area contributed by atoms with Gasteiger partial charge in [-0.3, -0.25) is 4.68 Å². The van der Waals surface area contributed by atoms with Crippen molar-refractivity contribution in [1.82, 2.24) is 9.78 Å². The molecule has 1 heterocycles. The molecule has 0 spiro atoms. The van der Waals surface area contributed by atoms with Crippen molar-refractivity contribution >= 4 is 11.6 Å². The second kappa shape index (κ2) is 4.14. The molecule has 2 rings (SSSR count). The number of nitrogens with zero attached hydrogens (tertiary/aromatic N) is 2. The van der Waals surface area contributed by atoms with E-state index >= 15 is 0 Å². The van der Waals surface area contributed by atoms with Crippen molar-refractivity contribution in [3.63, 3.8) is 0 Å². The van der Waals surface area contributed by atoms with Crippen LogP contribution in [0, 0.1) is 0 Å². The highest BCUT2D eigenvalue weighted by Gasteiger charge is 2.31. The van der Waals surface area contributed by atoms with Gasteiger partial charge in [0.2, 0.25) is 0 Å². The number of rotatable bonds is 2. The van der Waals surface area contributed by atoms with E-state index in [2.05, 4.69) is 18.9 Å². The van der Waals surface area contributed by atoms with E-state index in [1.165, 1.54) is 0 Å². The fourth-order valence-corrected chi connectivity index (χ4v) is 2.64. The Kier molecular flexibility index (Phi) is 3.03. The van der Waals surface area contributed by atoms with E-state index in [-0.39, 0.29) is 12.0 Å². The van der Waals surface area contributed by atoms with Gasteiger partial charge >= 0.3 is 0 Å².